The second-order valence-electron chi connectivity index (χ2n) is 3.53. The van der Waals surface area contributed by atoms with Crippen LogP contribution in [0.4, 0.5) is 0 Å². The van der Waals surface area contributed by atoms with Crippen LogP contribution in [0.25, 0.3) is 0 Å². The topological polar surface area (TPSA) is 68.3 Å². The molecule has 2 rings (SSSR count). The van der Waals surface area contributed by atoms with E-state index in [4.69, 9.17) is 4.74 Å². The van der Waals surface area contributed by atoms with Crippen molar-refractivity contribution in [1.82, 2.24) is 9.11 Å². The molecule has 0 aliphatic rings. The third-order valence-electron chi connectivity index (χ3n) is 2.26. The van der Waals surface area contributed by atoms with Gasteiger partial charge in [0.2, 0.25) is 10.0 Å². The summed E-state index contributed by atoms with van der Waals surface area (Å²) in [6.07, 6.45) is 1.60. The highest BCUT2D eigenvalue weighted by molar-refractivity contribution is 8.09. The van der Waals surface area contributed by atoms with Crippen LogP contribution >= 0.6 is 11.9 Å². The summed E-state index contributed by atoms with van der Waals surface area (Å²) in [6.45, 7) is 0. The van der Waals surface area contributed by atoms with E-state index in [0.717, 1.165) is 11.9 Å². The van der Waals surface area contributed by atoms with Crippen molar-refractivity contribution >= 4 is 22.0 Å². The number of ether oxygens (including phenoxy) is 1. The van der Waals surface area contributed by atoms with Gasteiger partial charge in [-0.3, -0.25) is 0 Å². The van der Waals surface area contributed by atoms with E-state index >= 15 is 0 Å². The van der Waals surface area contributed by atoms with E-state index in [1.165, 1.54) is 19.2 Å². The molecule has 1 aromatic carbocycles. The zero-order valence-corrected chi connectivity index (χ0v) is 11.7. The Morgan fingerprint density at radius 2 is 1.89 bits per heavy atom. The number of hydrogen-bond donors (Lipinski definition) is 1. The van der Waals surface area contributed by atoms with Crippen LogP contribution in [0.2, 0.25) is 0 Å². The van der Waals surface area contributed by atoms with E-state index in [1.54, 1.807) is 36.5 Å². The Bertz CT molecular complexity index is 628. The van der Waals surface area contributed by atoms with Crippen LogP contribution in [0, 0.1) is 0 Å². The molecule has 0 aliphatic carbocycles. The summed E-state index contributed by atoms with van der Waals surface area (Å²) in [7, 11) is -2.04. The maximum absolute atomic E-state index is 12.0. The number of nitrogens with one attached hydrogen (secondary N) is 1. The van der Waals surface area contributed by atoms with Crippen molar-refractivity contribution in [1.29, 1.82) is 0 Å². The maximum Gasteiger partial charge on any atom is 0.250 e. The van der Waals surface area contributed by atoms with Crippen molar-refractivity contribution < 1.29 is 13.2 Å². The molecule has 0 saturated heterocycles. The number of hydrogen-bond acceptors (Lipinski definition) is 5. The molecule has 0 radical (unpaired) electrons. The van der Waals surface area contributed by atoms with Crippen LogP contribution in [-0.4, -0.2) is 20.5 Å². The van der Waals surface area contributed by atoms with Crippen molar-refractivity contribution in [3.05, 3.63) is 48.7 Å². The lowest BCUT2D eigenvalue weighted by Crippen LogP contribution is -2.16. The molecule has 0 unspecified atom stereocenters. The average molecular weight is 296 g/mol. The molecule has 0 aliphatic heterocycles. The van der Waals surface area contributed by atoms with Gasteiger partial charge < -0.3 is 4.74 Å². The molecule has 0 amide bonds. The minimum atomic E-state index is -3.57. The Morgan fingerprint density at radius 1 is 1.16 bits per heavy atom. The predicted molar refractivity (Wildman–Crippen MR) is 73.4 cm³/mol. The third kappa shape index (κ3) is 3.69. The van der Waals surface area contributed by atoms with Crippen molar-refractivity contribution in [3.8, 4) is 5.75 Å². The van der Waals surface area contributed by atoms with Crippen LogP contribution in [-0.2, 0) is 10.0 Å². The first-order chi connectivity index (χ1) is 9.12. The second kappa shape index (κ2) is 6.05. The van der Waals surface area contributed by atoms with E-state index < -0.39 is 10.0 Å². The van der Waals surface area contributed by atoms with Crippen LogP contribution < -0.4 is 8.86 Å². The standard InChI is InChI=1S/C12H12N2O3S2/c1-17-10-5-7-11(8-6-10)19(15,16)14-18-12-4-2-3-9-13-12/h2-9,14H,1H3. The lowest BCUT2D eigenvalue weighted by molar-refractivity contribution is 0.414. The van der Waals surface area contributed by atoms with E-state index in [0.29, 0.717) is 10.8 Å². The van der Waals surface area contributed by atoms with Crippen molar-refractivity contribution in [2.75, 3.05) is 7.11 Å². The molecule has 19 heavy (non-hydrogen) atoms. The molecule has 0 saturated carbocycles. The minimum absolute atomic E-state index is 0.178. The summed E-state index contributed by atoms with van der Waals surface area (Å²) in [5, 5.41) is 0.583. The van der Waals surface area contributed by atoms with Gasteiger partial charge in [-0.15, -0.1) is 4.13 Å². The molecule has 1 heterocycles. The predicted octanol–water partition coefficient (Wildman–Crippen LogP) is 2.08. The van der Waals surface area contributed by atoms with Crippen molar-refractivity contribution in [2.45, 2.75) is 9.92 Å². The van der Waals surface area contributed by atoms with Gasteiger partial charge >= 0.3 is 0 Å². The fraction of sp³-hybridized carbons (Fsp3) is 0.0833. The minimum Gasteiger partial charge on any atom is -0.497 e. The molecule has 1 N–H and O–H groups in total. The van der Waals surface area contributed by atoms with Gasteiger partial charge in [-0.2, -0.15) is 0 Å². The average Bonchev–Trinajstić information content (AvgIpc) is 2.46. The van der Waals surface area contributed by atoms with E-state index in [9.17, 15) is 8.42 Å². The summed E-state index contributed by atoms with van der Waals surface area (Å²) in [4.78, 5) is 4.20. The van der Waals surface area contributed by atoms with E-state index in [2.05, 4.69) is 9.11 Å². The van der Waals surface area contributed by atoms with Gasteiger partial charge in [0.15, 0.2) is 0 Å². The lowest BCUT2D eigenvalue weighted by Gasteiger charge is -2.06. The maximum atomic E-state index is 12.0. The van der Waals surface area contributed by atoms with Crippen LogP contribution in [0.5, 0.6) is 5.75 Å². The smallest absolute Gasteiger partial charge is 0.250 e. The van der Waals surface area contributed by atoms with E-state index in [-0.39, 0.29) is 4.90 Å². The molecule has 0 atom stereocenters. The molecule has 2 aromatic rings. The summed E-state index contributed by atoms with van der Waals surface area (Å²) in [5.74, 6) is 0.608. The van der Waals surface area contributed by atoms with Gasteiger partial charge in [-0.1, -0.05) is 6.07 Å². The summed E-state index contributed by atoms with van der Waals surface area (Å²) in [5.41, 5.74) is 0. The quantitative estimate of drug-likeness (QED) is 0.856. The lowest BCUT2D eigenvalue weighted by atomic mass is 10.3. The third-order valence-corrected chi connectivity index (χ3v) is 4.82. The van der Waals surface area contributed by atoms with E-state index in [1.807, 2.05) is 0 Å². The highest BCUT2D eigenvalue weighted by Crippen LogP contribution is 2.18. The number of aromatic nitrogens is 1. The number of benzene rings is 1. The molecule has 0 fully saturated rings. The fourth-order valence-electron chi connectivity index (χ4n) is 1.31. The zero-order chi connectivity index (χ0) is 13.7. The number of nitrogens with zero attached hydrogens (tertiary/aromatic N) is 1. The highest BCUT2D eigenvalue weighted by Gasteiger charge is 2.14. The first-order valence-corrected chi connectivity index (χ1v) is 7.65. The molecular weight excluding hydrogens is 284 g/mol. The molecule has 1 aromatic heterocycles. The number of methoxy groups -OCH3 is 1. The number of sulfonamides is 1. The summed E-state index contributed by atoms with van der Waals surface area (Å²) < 4.78 is 31.4. The van der Waals surface area contributed by atoms with Gasteiger partial charge in [0, 0.05) is 6.20 Å². The Kier molecular flexibility index (Phi) is 4.41. The molecule has 5 nitrogen and oxygen atoms in total. The zero-order valence-electron chi connectivity index (χ0n) is 10.1. The van der Waals surface area contributed by atoms with Gasteiger partial charge in [-0.05, 0) is 48.3 Å². The van der Waals surface area contributed by atoms with Gasteiger partial charge in [0.25, 0.3) is 0 Å². The van der Waals surface area contributed by atoms with Crippen molar-refractivity contribution in [2.24, 2.45) is 0 Å². The second-order valence-corrected chi connectivity index (χ2v) is 6.30. The van der Waals surface area contributed by atoms with Crippen LogP contribution in [0.15, 0.2) is 58.6 Å². The monoisotopic (exact) mass is 296 g/mol. The first kappa shape index (κ1) is 13.9. The molecule has 7 heteroatoms. The summed E-state index contributed by atoms with van der Waals surface area (Å²) >= 11 is 0.952. The fourth-order valence-corrected chi connectivity index (χ4v) is 3.23. The Labute approximate surface area is 116 Å². The van der Waals surface area contributed by atoms with Gasteiger partial charge in [0.05, 0.1) is 12.0 Å². The van der Waals surface area contributed by atoms with Gasteiger partial charge in [-0.25, -0.2) is 13.4 Å². The highest BCUT2D eigenvalue weighted by atomic mass is 32.3. The Morgan fingerprint density at radius 3 is 2.47 bits per heavy atom. The first-order valence-electron chi connectivity index (χ1n) is 5.35. The van der Waals surface area contributed by atoms with Gasteiger partial charge in [0.1, 0.15) is 10.8 Å². The Hall–Kier alpha value is -1.57. The van der Waals surface area contributed by atoms with Crippen molar-refractivity contribution in [3.63, 3.8) is 0 Å². The summed E-state index contributed by atoms with van der Waals surface area (Å²) in [6, 6.07) is 11.4. The molecular formula is C12H12N2O3S2. The number of pyridine rings is 1. The molecule has 0 spiro atoms. The normalized spacial score (nSPS) is 11.2. The SMILES string of the molecule is COc1ccc(S(=O)(=O)NSc2ccccn2)cc1. The van der Waals surface area contributed by atoms with Crippen LogP contribution in [0.1, 0.15) is 0 Å². The largest absolute Gasteiger partial charge is 0.497 e. The van der Waals surface area contributed by atoms with Crippen LogP contribution in [0.3, 0.4) is 0 Å². The molecule has 0 bridgehead atoms. The number of rotatable bonds is 5. The molecule has 100 valence electrons. The Balaban J connectivity index is 2.09.